The van der Waals surface area contributed by atoms with Gasteiger partial charge in [0.25, 0.3) is 5.91 Å². The standard InChI is InChI=1S/C17H24N2O/c1-12-5-2-3-8-16(12)18-15-7-4-6-13(11-15)17(20)19-14-9-10-14/h4,6-7,11-12,14,16,18H,2-3,5,8-10H2,1H3,(H,19,20). The van der Waals surface area contributed by atoms with Gasteiger partial charge in [-0.2, -0.15) is 0 Å². The summed E-state index contributed by atoms with van der Waals surface area (Å²) in [6, 6.07) is 8.88. The highest BCUT2D eigenvalue weighted by molar-refractivity contribution is 5.95. The zero-order valence-electron chi connectivity index (χ0n) is 12.2. The summed E-state index contributed by atoms with van der Waals surface area (Å²) in [5.41, 5.74) is 1.84. The third-order valence-corrected chi connectivity index (χ3v) is 4.50. The highest BCUT2D eigenvalue weighted by Gasteiger charge is 2.24. The van der Waals surface area contributed by atoms with Gasteiger partial charge in [0.2, 0.25) is 0 Å². The number of carbonyl (C=O) groups is 1. The van der Waals surface area contributed by atoms with E-state index in [1.807, 2.05) is 18.2 Å². The van der Waals surface area contributed by atoms with Gasteiger partial charge in [-0.15, -0.1) is 0 Å². The topological polar surface area (TPSA) is 41.1 Å². The van der Waals surface area contributed by atoms with Gasteiger partial charge in [-0.05, 0) is 49.8 Å². The average Bonchev–Trinajstić information content (AvgIpc) is 3.26. The molecule has 1 aromatic rings. The van der Waals surface area contributed by atoms with Crippen molar-refractivity contribution in [1.82, 2.24) is 5.32 Å². The molecule has 2 aliphatic carbocycles. The van der Waals surface area contributed by atoms with E-state index in [0.717, 1.165) is 24.1 Å². The summed E-state index contributed by atoms with van der Waals surface area (Å²) in [4.78, 5) is 12.1. The molecule has 2 N–H and O–H groups in total. The SMILES string of the molecule is CC1CCCCC1Nc1cccc(C(=O)NC2CC2)c1. The molecule has 2 saturated carbocycles. The minimum absolute atomic E-state index is 0.0628. The second-order valence-electron chi connectivity index (χ2n) is 6.34. The number of carbonyl (C=O) groups excluding carboxylic acids is 1. The zero-order chi connectivity index (χ0) is 13.9. The first-order chi connectivity index (χ1) is 9.72. The largest absolute Gasteiger partial charge is 0.382 e. The van der Waals surface area contributed by atoms with Gasteiger partial charge in [0, 0.05) is 23.3 Å². The Hall–Kier alpha value is -1.51. The van der Waals surface area contributed by atoms with Crippen molar-refractivity contribution in [1.29, 1.82) is 0 Å². The van der Waals surface area contributed by atoms with Crippen LogP contribution in [0.3, 0.4) is 0 Å². The van der Waals surface area contributed by atoms with E-state index in [1.165, 1.54) is 25.7 Å². The molecule has 108 valence electrons. The average molecular weight is 272 g/mol. The van der Waals surface area contributed by atoms with Crippen LogP contribution >= 0.6 is 0 Å². The second kappa shape index (κ2) is 5.86. The first-order valence-corrected chi connectivity index (χ1v) is 7.90. The van der Waals surface area contributed by atoms with Gasteiger partial charge in [0.05, 0.1) is 0 Å². The van der Waals surface area contributed by atoms with Crippen LogP contribution in [0.2, 0.25) is 0 Å². The fourth-order valence-corrected chi connectivity index (χ4v) is 2.99. The number of amides is 1. The van der Waals surface area contributed by atoms with Crippen LogP contribution in [0.15, 0.2) is 24.3 Å². The number of benzene rings is 1. The molecule has 20 heavy (non-hydrogen) atoms. The number of hydrogen-bond acceptors (Lipinski definition) is 2. The van der Waals surface area contributed by atoms with Crippen molar-refractivity contribution in [2.24, 2.45) is 5.92 Å². The fraction of sp³-hybridized carbons (Fsp3) is 0.588. The molecule has 0 aliphatic heterocycles. The Morgan fingerprint density at radius 2 is 1.95 bits per heavy atom. The van der Waals surface area contributed by atoms with Crippen molar-refractivity contribution in [2.75, 3.05) is 5.32 Å². The molecule has 0 radical (unpaired) electrons. The van der Waals surface area contributed by atoms with Crippen molar-refractivity contribution >= 4 is 11.6 Å². The third-order valence-electron chi connectivity index (χ3n) is 4.50. The fourth-order valence-electron chi connectivity index (χ4n) is 2.99. The van der Waals surface area contributed by atoms with Gasteiger partial charge in [-0.1, -0.05) is 25.8 Å². The second-order valence-corrected chi connectivity index (χ2v) is 6.34. The Morgan fingerprint density at radius 3 is 2.70 bits per heavy atom. The van der Waals surface area contributed by atoms with Gasteiger partial charge in [-0.3, -0.25) is 4.79 Å². The van der Waals surface area contributed by atoms with Crippen molar-refractivity contribution < 1.29 is 4.79 Å². The normalized spacial score (nSPS) is 26.1. The predicted octanol–water partition coefficient (Wildman–Crippen LogP) is 3.57. The van der Waals surface area contributed by atoms with Crippen LogP contribution in [-0.2, 0) is 0 Å². The Labute approximate surface area is 121 Å². The first kappa shape index (κ1) is 13.5. The molecule has 0 bridgehead atoms. The van der Waals surface area contributed by atoms with Crippen LogP contribution in [-0.4, -0.2) is 18.0 Å². The van der Waals surface area contributed by atoms with Gasteiger partial charge in [0.15, 0.2) is 0 Å². The smallest absolute Gasteiger partial charge is 0.251 e. The minimum Gasteiger partial charge on any atom is -0.382 e. The van der Waals surface area contributed by atoms with E-state index in [9.17, 15) is 4.79 Å². The van der Waals surface area contributed by atoms with E-state index in [-0.39, 0.29) is 5.91 Å². The van der Waals surface area contributed by atoms with Crippen molar-refractivity contribution in [2.45, 2.75) is 57.5 Å². The lowest BCUT2D eigenvalue weighted by Crippen LogP contribution is -2.30. The Kier molecular flexibility index (Phi) is 3.95. The molecule has 2 fully saturated rings. The van der Waals surface area contributed by atoms with Gasteiger partial charge in [0.1, 0.15) is 0 Å². The van der Waals surface area contributed by atoms with Crippen LogP contribution in [0.4, 0.5) is 5.69 Å². The monoisotopic (exact) mass is 272 g/mol. The van der Waals surface area contributed by atoms with Crippen molar-refractivity contribution in [3.63, 3.8) is 0 Å². The summed E-state index contributed by atoms with van der Waals surface area (Å²) < 4.78 is 0. The summed E-state index contributed by atoms with van der Waals surface area (Å²) >= 11 is 0. The maximum atomic E-state index is 12.1. The molecule has 0 spiro atoms. The molecule has 1 aromatic carbocycles. The highest BCUT2D eigenvalue weighted by Crippen LogP contribution is 2.27. The van der Waals surface area contributed by atoms with E-state index in [0.29, 0.717) is 18.0 Å². The van der Waals surface area contributed by atoms with E-state index in [4.69, 9.17) is 0 Å². The number of hydrogen-bond donors (Lipinski definition) is 2. The molecule has 0 aromatic heterocycles. The van der Waals surface area contributed by atoms with E-state index < -0.39 is 0 Å². The Balaban J connectivity index is 1.65. The number of nitrogens with one attached hydrogen (secondary N) is 2. The molecule has 3 rings (SSSR count). The van der Waals surface area contributed by atoms with Gasteiger partial charge < -0.3 is 10.6 Å². The zero-order valence-corrected chi connectivity index (χ0v) is 12.2. The van der Waals surface area contributed by atoms with Crippen LogP contribution in [0.1, 0.15) is 55.8 Å². The molecule has 0 saturated heterocycles. The lowest BCUT2D eigenvalue weighted by molar-refractivity contribution is 0.0951. The summed E-state index contributed by atoms with van der Waals surface area (Å²) in [6.07, 6.45) is 7.46. The van der Waals surface area contributed by atoms with E-state index in [2.05, 4.69) is 23.6 Å². The van der Waals surface area contributed by atoms with Crippen molar-refractivity contribution in [3.8, 4) is 0 Å². The van der Waals surface area contributed by atoms with E-state index >= 15 is 0 Å². The molecule has 2 unspecified atom stereocenters. The molecule has 2 aliphatic rings. The maximum absolute atomic E-state index is 12.1. The quantitative estimate of drug-likeness (QED) is 0.879. The predicted molar refractivity (Wildman–Crippen MR) is 82.0 cm³/mol. The van der Waals surface area contributed by atoms with Crippen molar-refractivity contribution in [3.05, 3.63) is 29.8 Å². The van der Waals surface area contributed by atoms with Crippen LogP contribution in [0, 0.1) is 5.92 Å². The lowest BCUT2D eigenvalue weighted by Gasteiger charge is -2.30. The molecular weight excluding hydrogens is 248 g/mol. The summed E-state index contributed by atoms with van der Waals surface area (Å²) in [6.45, 7) is 2.32. The lowest BCUT2D eigenvalue weighted by atomic mass is 9.86. The molecule has 3 nitrogen and oxygen atoms in total. The maximum Gasteiger partial charge on any atom is 0.251 e. The van der Waals surface area contributed by atoms with Crippen LogP contribution < -0.4 is 10.6 Å². The van der Waals surface area contributed by atoms with E-state index in [1.54, 1.807) is 0 Å². The minimum atomic E-state index is 0.0628. The Morgan fingerprint density at radius 1 is 1.15 bits per heavy atom. The third kappa shape index (κ3) is 3.33. The molecule has 2 atom stereocenters. The summed E-state index contributed by atoms with van der Waals surface area (Å²) in [5, 5.41) is 6.66. The molecule has 1 amide bonds. The van der Waals surface area contributed by atoms with Crippen LogP contribution in [0.5, 0.6) is 0 Å². The molecule has 3 heteroatoms. The highest BCUT2D eigenvalue weighted by atomic mass is 16.1. The Bertz CT molecular complexity index is 482. The first-order valence-electron chi connectivity index (χ1n) is 7.90. The number of rotatable bonds is 4. The number of anilines is 1. The molecular formula is C17H24N2O. The van der Waals surface area contributed by atoms with Gasteiger partial charge >= 0.3 is 0 Å². The van der Waals surface area contributed by atoms with Crippen LogP contribution in [0.25, 0.3) is 0 Å². The summed E-state index contributed by atoms with van der Waals surface area (Å²) in [7, 11) is 0. The molecule has 0 heterocycles. The van der Waals surface area contributed by atoms with Gasteiger partial charge in [-0.25, -0.2) is 0 Å². The summed E-state index contributed by atoms with van der Waals surface area (Å²) in [5.74, 6) is 0.778.